The highest BCUT2D eigenvalue weighted by Gasteiger charge is 2.21. The Morgan fingerprint density at radius 1 is 0.190 bits per heavy atom. The minimum Gasteiger partial charge on any atom is -0.456 e. The number of rotatable bonds is 5. The highest BCUT2D eigenvalue weighted by molar-refractivity contribution is 9.10. The molecule has 0 bridgehead atoms. The van der Waals surface area contributed by atoms with Crippen LogP contribution in [0.1, 0.15) is 0 Å². The van der Waals surface area contributed by atoms with E-state index in [4.69, 9.17) is 17.7 Å². The summed E-state index contributed by atoms with van der Waals surface area (Å²) in [7, 11) is 0. The molecule has 0 spiro atoms. The maximum Gasteiger partial charge on any atom is 0.139 e. The van der Waals surface area contributed by atoms with Crippen molar-refractivity contribution >= 4 is 191 Å². The van der Waals surface area contributed by atoms with E-state index in [1.807, 2.05) is 54.6 Å². The summed E-state index contributed by atoms with van der Waals surface area (Å²) in [4.78, 5) is 3.53. The first-order valence-corrected chi connectivity index (χ1v) is 36.2. The molecule has 492 valence electrons. The van der Waals surface area contributed by atoms with Gasteiger partial charge in [-0.15, -0.1) is 0 Å². The molecule has 0 amide bonds. The van der Waals surface area contributed by atoms with E-state index in [-0.39, 0.29) is 0 Å². The van der Waals surface area contributed by atoms with Crippen LogP contribution in [0, 0.1) is 0 Å². The molecule has 0 atom stereocenters. The Morgan fingerprint density at radius 3 is 1.01 bits per heavy atom. The number of benzene rings is 16. The van der Waals surface area contributed by atoms with Gasteiger partial charge in [0.05, 0.1) is 33.1 Å². The second-order valence-corrected chi connectivity index (χ2v) is 28.2. The fourth-order valence-corrected chi connectivity index (χ4v) is 16.9. The Bertz CT molecular complexity index is 7690. The standard InChI is InChI=1S/C48H28N2O2.C30H20N2.C18H9BrO2/c1-2-10-31(11-3-1)49-41-15-7-4-12-33(41)36-24-29(18-21-43(36)49)30-19-22-44-37(25-30)34-13-5-8-16-42(34)50(44)32-20-23-46-38(26-32)40-27-39-35-14-6-9-17-45(35)51-47(39)28-48(40)52-46;1-2-8-22(9-3-1)32-29-13-7-5-11-24(29)26-19-21(15-17-30(26)32)20-14-16-28-25(18-20)23-10-4-6-12-27(23)31-28;19-10-5-6-16-12(7-10)14-8-13-11-3-1-2-4-15(11)20-17(13)9-18(14)21-16/h1-28H;1-19,31H;1-9H. The van der Waals surface area contributed by atoms with Crippen molar-refractivity contribution in [2.45, 2.75) is 0 Å². The van der Waals surface area contributed by atoms with Crippen LogP contribution in [0.2, 0.25) is 0 Å². The molecular weight excluding hydrogens is 1350 g/mol. The SMILES string of the molecule is Brc1ccc2oc3cc4oc5ccccc5c4cc3c2c1.c1ccc(-n2c3ccccc3c3cc(-c4ccc5[nH]c6ccccc6c5c4)ccc32)cc1.c1ccc(-n2c3ccccc3c3cc(-c4ccc5c(c4)c4ccccc4n5-c4ccc5oc6cc7oc8ccccc8c7cc6c5c4)ccc32)cc1. The van der Waals surface area contributed by atoms with Crippen LogP contribution in [0.25, 0.3) is 214 Å². The maximum atomic E-state index is 6.38. The van der Waals surface area contributed by atoms with Gasteiger partial charge in [-0.3, -0.25) is 0 Å². The molecule has 16 aromatic carbocycles. The number of furan rings is 4. The van der Waals surface area contributed by atoms with Gasteiger partial charge in [0.15, 0.2) is 0 Å². The van der Waals surface area contributed by atoms with Gasteiger partial charge in [0.25, 0.3) is 0 Å². The quantitative estimate of drug-likeness (QED) is 0.186. The third-order valence-electron chi connectivity index (χ3n) is 21.4. The van der Waals surface area contributed by atoms with Crippen molar-refractivity contribution in [3.05, 3.63) is 344 Å². The molecule has 0 saturated carbocycles. The van der Waals surface area contributed by atoms with Crippen LogP contribution >= 0.6 is 15.9 Å². The minimum atomic E-state index is 0.828. The molecule has 0 aliphatic carbocycles. The molecule has 0 fully saturated rings. The van der Waals surface area contributed by atoms with E-state index in [2.05, 4.69) is 320 Å². The van der Waals surface area contributed by atoms with Crippen molar-refractivity contribution < 1.29 is 17.7 Å². The van der Waals surface area contributed by atoms with Crippen LogP contribution in [-0.4, -0.2) is 18.7 Å². The molecule has 105 heavy (non-hydrogen) atoms. The molecule has 8 nitrogen and oxygen atoms in total. The molecule has 0 unspecified atom stereocenters. The Morgan fingerprint density at radius 2 is 0.524 bits per heavy atom. The highest BCUT2D eigenvalue weighted by atomic mass is 79.9. The largest absolute Gasteiger partial charge is 0.456 e. The number of H-pyrrole nitrogens is 1. The van der Waals surface area contributed by atoms with Gasteiger partial charge >= 0.3 is 0 Å². The topological polar surface area (TPSA) is 83.1 Å². The van der Waals surface area contributed by atoms with Gasteiger partial charge in [0.2, 0.25) is 0 Å². The van der Waals surface area contributed by atoms with Crippen LogP contribution in [0.5, 0.6) is 0 Å². The summed E-state index contributed by atoms with van der Waals surface area (Å²) < 4.78 is 32.6. The molecule has 0 saturated heterocycles. The first-order valence-electron chi connectivity index (χ1n) is 35.4. The van der Waals surface area contributed by atoms with E-state index < -0.39 is 0 Å². The summed E-state index contributed by atoms with van der Waals surface area (Å²) >= 11 is 3.52. The lowest BCUT2D eigenvalue weighted by molar-refractivity contribution is 0.655. The van der Waals surface area contributed by atoms with Crippen LogP contribution in [0.3, 0.4) is 0 Å². The van der Waals surface area contributed by atoms with Crippen LogP contribution < -0.4 is 0 Å². The lowest BCUT2D eigenvalue weighted by atomic mass is 10.0. The number of nitrogens with one attached hydrogen (secondary N) is 1. The lowest BCUT2D eigenvalue weighted by Gasteiger charge is -2.09. The number of aromatic nitrogens is 4. The zero-order valence-electron chi connectivity index (χ0n) is 56.2. The molecule has 24 aromatic rings. The number of hydrogen-bond donors (Lipinski definition) is 1. The van der Waals surface area contributed by atoms with Crippen LogP contribution in [0.15, 0.2) is 362 Å². The van der Waals surface area contributed by atoms with Crippen LogP contribution in [0.4, 0.5) is 0 Å². The minimum absolute atomic E-state index is 0.828. The monoisotopic (exact) mass is 1410 g/mol. The summed E-state index contributed by atoms with van der Waals surface area (Å²) in [6.45, 7) is 0. The molecule has 24 rings (SSSR count). The van der Waals surface area contributed by atoms with Crippen molar-refractivity contribution in [1.29, 1.82) is 0 Å². The Balaban J connectivity index is 0.000000110. The average molecular weight is 1410 g/mol. The fourth-order valence-electron chi connectivity index (χ4n) is 16.6. The third-order valence-corrected chi connectivity index (χ3v) is 21.9. The number of fused-ring (bicyclic) bond motifs is 24. The molecule has 1 N–H and O–H groups in total. The molecule has 0 aliphatic rings. The third kappa shape index (κ3) is 9.38. The fraction of sp³-hybridized carbons (Fsp3) is 0. The number of nitrogens with zero attached hydrogens (tertiary/aromatic N) is 3. The first-order chi connectivity index (χ1) is 51.9. The van der Waals surface area contributed by atoms with E-state index in [0.29, 0.717) is 0 Å². The molecule has 9 heteroatoms. The number of para-hydroxylation sites is 8. The van der Waals surface area contributed by atoms with Gasteiger partial charge in [0.1, 0.15) is 44.7 Å². The Hall–Kier alpha value is -13.6. The molecule has 0 aliphatic heterocycles. The van der Waals surface area contributed by atoms with Gasteiger partial charge in [-0.05, 0) is 180 Å². The van der Waals surface area contributed by atoms with Gasteiger partial charge < -0.3 is 36.4 Å². The maximum absolute atomic E-state index is 6.38. The first kappa shape index (κ1) is 59.1. The lowest BCUT2D eigenvalue weighted by Crippen LogP contribution is -1.93. The summed E-state index contributed by atoms with van der Waals surface area (Å²) in [6.07, 6.45) is 0. The average Bonchev–Trinajstić information content (AvgIpc) is 1.60. The van der Waals surface area contributed by atoms with Crippen molar-refractivity contribution in [1.82, 2.24) is 18.7 Å². The van der Waals surface area contributed by atoms with Crippen molar-refractivity contribution in [3.8, 4) is 39.3 Å². The smallest absolute Gasteiger partial charge is 0.139 e. The predicted octanol–water partition coefficient (Wildman–Crippen LogP) is 27.7. The second-order valence-electron chi connectivity index (χ2n) is 27.3. The van der Waals surface area contributed by atoms with Crippen molar-refractivity contribution in [2.24, 2.45) is 0 Å². The number of hydrogen-bond acceptors (Lipinski definition) is 4. The molecule has 8 aromatic heterocycles. The molecule has 8 heterocycles. The summed E-state index contributed by atoms with van der Waals surface area (Å²) in [6, 6.07) is 121. The van der Waals surface area contributed by atoms with E-state index in [0.717, 1.165) is 97.9 Å². The summed E-state index contributed by atoms with van der Waals surface area (Å²) in [5.74, 6) is 0. The van der Waals surface area contributed by atoms with E-state index >= 15 is 0 Å². The van der Waals surface area contributed by atoms with Gasteiger partial charge in [0, 0.05) is 131 Å². The Kier molecular flexibility index (Phi) is 13.1. The van der Waals surface area contributed by atoms with E-state index in [1.54, 1.807) is 0 Å². The van der Waals surface area contributed by atoms with E-state index in [1.165, 1.54) is 121 Å². The predicted molar refractivity (Wildman–Crippen MR) is 439 cm³/mol. The number of aromatic amines is 1. The molecular formula is C96H57BrN4O4. The van der Waals surface area contributed by atoms with Crippen LogP contribution in [-0.2, 0) is 0 Å². The molecule has 0 radical (unpaired) electrons. The summed E-state index contributed by atoms with van der Waals surface area (Å²) in [5, 5.41) is 18.9. The van der Waals surface area contributed by atoms with Crippen molar-refractivity contribution in [3.63, 3.8) is 0 Å². The summed E-state index contributed by atoms with van der Waals surface area (Å²) in [5.41, 5.74) is 24.8. The zero-order valence-corrected chi connectivity index (χ0v) is 57.8. The Labute approximate surface area is 606 Å². The van der Waals surface area contributed by atoms with Gasteiger partial charge in [-0.25, -0.2) is 0 Å². The van der Waals surface area contributed by atoms with Gasteiger partial charge in [-0.2, -0.15) is 0 Å². The van der Waals surface area contributed by atoms with E-state index in [9.17, 15) is 0 Å². The normalized spacial score (nSPS) is 12.0. The second kappa shape index (κ2) is 23.2. The van der Waals surface area contributed by atoms with Crippen molar-refractivity contribution in [2.75, 3.05) is 0 Å². The highest BCUT2D eigenvalue weighted by Crippen LogP contribution is 2.44. The van der Waals surface area contributed by atoms with Gasteiger partial charge in [-0.1, -0.05) is 186 Å². The zero-order chi connectivity index (χ0) is 69.0. The number of halogens is 1.